The van der Waals surface area contributed by atoms with Crippen molar-refractivity contribution in [1.82, 2.24) is 0 Å². The Labute approximate surface area is 174 Å². The van der Waals surface area contributed by atoms with E-state index in [9.17, 15) is 9.59 Å². The molecular formula is C22H23N3O3S. The van der Waals surface area contributed by atoms with Crippen LogP contribution in [0.25, 0.3) is 0 Å². The summed E-state index contributed by atoms with van der Waals surface area (Å²) < 4.78 is 4.77. The van der Waals surface area contributed by atoms with Gasteiger partial charge in [-0.25, -0.2) is 9.79 Å². The smallest absolute Gasteiger partial charge is 0.339 e. The summed E-state index contributed by atoms with van der Waals surface area (Å²) in [6.07, 6.45) is 0.770. The van der Waals surface area contributed by atoms with Gasteiger partial charge in [-0.3, -0.25) is 9.79 Å². The van der Waals surface area contributed by atoms with Gasteiger partial charge in [-0.1, -0.05) is 61.2 Å². The lowest BCUT2D eigenvalue weighted by Crippen LogP contribution is -2.19. The van der Waals surface area contributed by atoms with Gasteiger partial charge in [-0.2, -0.15) is 0 Å². The number of para-hydroxylation sites is 1. The fraction of sp³-hybridized carbons (Fsp3) is 0.273. The molecule has 2 aromatic rings. The molecule has 1 aliphatic rings. The maximum Gasteiger partial charge on any atom is 0.339 e. The third kappa shape index (κ3) is 4.92. The number of hydrogen-bond acceptors (Lipinski definition) is 6. The monoisotopic (exact) mass is 409 g/mol. The van der Waals surface area contributed by atoms with Gasteiger partial charge < -0.3 is 10.1 Å². The molecule has 1 atom stereocenters. The van der Waals surface area contributed by atoms with Crippen molar-refractivity contribution in [2.24, 2.45) is 9.98 Å². The number of thioether (sulfide) groups is 1. The number of carbonyl (C=O) groups excluding carboxylic acids is 2. The highest BCUT2D eigenvalue weighted by Gasteiger charge is 2.31. The van der Waals surface area contributed by atoms with Gasteiger partial charge in [0.15, 0.2) is 0 Å². The summed E-state index contributed by atoms with van der Waals surface area (Å²) in [5.41, 5.74) is 2.02. The first-order chi connectivity index (χ1) is 14.0. The van der Waals surface area contributed by atoms with Crippen LogP contribution in [0, 0.1) is 0 Å². The summed E-state index contributed by atoms with van der Waals surface area (Å²) >= 11 is 1.34. The van der Waals surface area contributed by atoms with Crippen LogP contribution in [-0.4, -0.2) is 41.2 Å². The van der Waals surface area contributed by atoms with Crippen LogP contribution in [0.3, 0.4) is 0 Å². The number of anilines is 1. The molecule has 0 aliphatic carbocycles. The highest BCUT2D eigenvalue weighted by Crippen LogP contribution is 2.29. The number of methoxy groups -OCH3 is 1. The van der Waals surface area contributed by atoms with Gasteiger partial charge in [-0.05, 0) is 25.5 Å². The fourth-order valence-corrected chi connectivity index (χ4v) is 3.73. The second-order valence-corrected chi connectivity index (χ2v) is 7.65. The molecule has 2 aromatic carbocycles. The Morgan fingerprint density at radius 1 is 1.07 bits per heavy atom. The average Bonchev–Trinajstić information content (AvgIpc) is 3.10. The number of benzene rings is 2. The van der Waals surface area contributed by atoms with Crippen molar-refractivity contribution in [3.8, 4) is 0 Å². The normalized spacial score (nSPS) is 18.0. The van der Waals surface area contributed by atoms with E-state index in [-0.39, 0.29) is 11.7 Å². The van der Waals surface area contributed by atoms with E-state index in [0.29, 0.717) is 11.3 Å². The minimum Gasteiger partial charge on any atom is -0.465 e. The van der Waals surface area contributed by atoms with Crippen LogP contribution < -0.4 is 5.32 Å². The Morgan fingerprint density at radius 2 is 1.76 bits per heavy atom. The topological polar surface area (TPSA) is 80.1 Å². The van der Waals surface area contributed by atoms with Gasteiger partial charge in [0.05, 0.1) is 29.8 Å². The Hall–Kier alpha value is -2.93. The molecule has 0 fully saturated rings. The zero-order valence-corrected chi connectivity index (χ0v) is 17.5. The minimum atomic E-state index is -0.512. The molecule has 1 amide bonds. The molecule has 0 saturated carbocycles. The lowest BCUT2D eigenvalue weighted by molar-refractivity contribution is -0.113. The maximum absolute atomic E-state index is 12.5. The molecule has 29 heavy (non-hydrogen) atoms. The standard InChI is InChI=1S/C22H23N3O3S/c1-4-22(2)24-19(15-10-6-5-7-11-15)20(25-22)29-14-18(26)23-17-13-9-8-12-16(17)21(27)28-3/h5-13H,4,14H2,1-3H3,(H,23,26). The van der Waals surface area contributed by atoms with Gasteiger partial charge in [-0.15, -0.1) is 0 Å². The number of aliphatic imine (C=N–C) groups is 2. The molecule has 0 aromatic heterocycles. The quantitative estimate of drug-likeness (QED) is 0.726. The van der Waals surface area contributed by atoms with E-state index in [0.717, 1.165) is 22.7 Å². The fourth-order valence-electron chi connectivity index (χ4n) is 2.83. The maximum atomic E-state index is 12.5. The Bertz CT molecular complexity index is 972. The van der Waals surface area contributed by atoms with Crippen molar-refractivity contribution in [1.29, 1.82) is 0 Å². The summed E-state index contributed by atoms with van der Waals surface area (Å²) in [6.45, 7) is 4.02. The summed E-state index contributed by atoms with van der Waals surface area (Å²) in [7, 11) is 1.31. The van der Waals surface area contributed by atoms with Crippen LogP contribution >= 0.6 is 11.8 Å². The molecule has 7 heteroatoms. The van der Waals surface area contributed by atoms with Crippen molar-refractivity contribution in [2.45, 2.75) is 25.9 Å². The molecule has 0 saturated heterocycles. The third-order valence-corrected chi connectivity index (χ3v) is 5.53. The molecule has 6 nitrogen and oxygen atoms in total. The average molecular weight is 410 g/mol. The van der Waals surface area contributed by atoms with E-state index in [1.54, 1.807) is 24.3 Å². The number of nitrogens with one attached hydrogen (secondary N) is 1. The van der Waals surface area contributed by atoms with Crippen LogP contribution in [0.2, 0.25) is 0 Å². The van der Waals surface area contributed by atoms with Crippen LogP contribution in [-0.2, 0) is 9.53 Å². The summed E-state index contributed by atoms with van der Waals surface area (Å²) in [6, 6.07) is 16.6. The van der Waals surface area contributed by atoms with Crippen molar-refractivity contribution in [3.63, 3.8) is 0 Å². The number of nitrogens with zero attached hydrogens (tertiary/aromatic N) is 2. The van der Waals surface area contributed by atoms with Crippen molar-refractivity contribution < 1.29 is 14.3 Å². The van der Waals surface area contributed by atoms with Gasteiger partial charge in [0.25, 0.3) is 0 Å². The third-order valence-electron chi connectivity index (χ3n) is 4.56. The van der Waals surface area contributed by atoms with E-state index in [1.807, 2.05) is 44.2 Å². The summed E-state index contributed by atoms with van der Waals surface area (Å²) in [4.78, 5) is 34.0. The predicted molar refractivity (Wildman–Crippen MR) is 118 cm³/mol. The first kappa shape index (κ1) is 20.8. The molecule has 1 N–H and O–H groups in total. The van der Waals surface area contributed by atoms with Crippen LogP contribution in [0.1, 0.15) is 36.2 Å². The van der Waals surface area contributed by atoms with Crippen LogP contribution in [0.4, 0.5) is 5.69 Å². The Balaban J connectivity index is 1.72. The number of hydrogen-bond donors (Lipinski definition) is 1. The van der Waals surface area contributed by atoms with Crippen molar-refractivity contribution in [2.75, 3.05) is 18.2 Å². The molecule has 0 radical (unpaired) electrons. The number of amides is 1. The molecule has 3 rings (SSSR count). The Kier molecular flexibility index (Phi) is 6.49. The minimum absolute atomic E-state index is 0.153. The van der Waals surface area contributed by atoms with E-state index < -0.39 is 11.6 Å². The van der Waals surface area contributed by atoms with E-state index >= 15 is 0 Å². The predicted octanol–water partition coefficient (Wildman–Crippen LogP) is 4.17. The van der Waals surface area contributed by atoms with Gasteiger partial charge in [0.1, 0.15) is 10.7 Å². The highest BCUT2D eigenvalue weighted by atomic mass is 32.2. The Morgan fingerprint density at radius 3 is 2.45 bits per heavy atom. The SMILES string of the molecule is CCC1(C)N=C(SCC(=O)Nc2ccccc2C(=O)OC)C(c2ccccc2)=N1. The second-order valence-electron chi connectivity index (χ2n) is 6.69. The second kappa shape index (κ2) is 9.05. The highest BCUT2D eigenvalue weighted by molar-refractivity contribution is 8.16. The van der Waals surface area contributed by atoms with Crippen LogP contribution in [0.15, 0.2) is 64.6 Å². The largest absolute Gasteiger partial charge is 0.465 e. The number of ether oxygens (including phenoxy) is 1. The zero-order valence-electron chi connectivity index (χ0n) is 16.6. The molecule has 150 valence electrons. The van der Waals surface area contributed by atoms with Gasteiger partial charge in [0, 0.05) is 5.56 Å². The first-order valence-corrected chi connectivity index (χ1v) is 10.3. The first-order valence-electron chi connectivity index (χ1n) is 9.31. The number of carbonyl (C=O) groups is 2. The summed E-state index contributed by atoms with van der Waals surface area (Å²) in [5, 5.41) is 3.53. The molecular weight excluding hydrogens is 386 g/mol. The summed E-state index contributed by atoms with van der Waals surface area (Å²) in [5.74, 6) is -0.572. The number of esters is 1. The molecule has 0 bridgehead atoms. The lowest BCUT2D eigenvalue weighted by Gasteiger charge is -2.13. The van der Waals surface area contributed by atoms with Gasteiger partial charge >= 0.3 is 5.97 Å². The van der Waals surface area contributed by atoms with Crippen LogP contribution in [0.5, 0.6) is 0 Å². The van der Waals surface area contributed by atoms with Crippen molar-refractivity contribution in [3.05, 3.63) is 65.7 Å². The number of rotatable bonds is 6. The zero-order chi connectivity index (χ0) is 20.9. The molecule has 0 spiro atoms. The van der Waals surface area contributed by atoms with Crippen molar-refractivity contribution >= 4 is 40.1 Å². The van der Waals surface area contributed by atoms with E-state index in [2.05, 4.69) is 5.32 Å². The van der Waals surface area contributed by atoms with E-state index in [4.69, 9.17) is 14.7 Å². The molecule has 1 aliphatic heterocycles. The molecule has 1 heterocycles. The molecule has 1 unspecified atom stereocenters. The van der Waals surface area contributed by atoms with E-state index in [1.165, 1.54) is 18.9 Å². The lowest BCUT2D eigenvalue weighted by atomic mass is 10.1. The van der Waals surface area contributed by atoms with Gasteiger partial charge in [0.2, 0.25) is 5.91 Å².